The molecule has 0 amide bonds. The van der Waals surface area contributed by atoms with E-state index in [0.717, 1.165) is 25.7 Å². The van der Waals surface area contributed by atoms with Crippen molar-refractivity contribution in [2.24, 2.45) is 0 Å². The van der Waals surface area contributed by atoms with Gasteiger partial charge in [0.15, 0.2) is 0 Å². The molecule has 5 nitrogen and oxygen atoms in total. The summed E-state index contributed by atoms with van der Waals surface area (Å²) in [5.74, 6) is 0. The van der Waals surface area contributed by atoms with Gasteiger partial charge in [-0.3, -0.25) is 0 Å². The Labute approximate surface area is 209 Å². The van der Waals surface area contributed by atoms with E-state index in [4.69, 9.17) is 21.8 Å². The first kappa shape index (κ1) is 33.2. The molecule has 0 aromatic heterocycles. The lowest BCUT2D eigenvalue weighted by atomic mass is 10.1. The van der Waals surface area contributed by atoms with Crippen molar-refractivity contribution in [2.75, 3.05) is 28.4 Å². The van der Waals surface area contributed by atoms with Crippen LogP contribution in [-0.2, 0) is 21.8 Å². The largest absolute Gasteiger partial charge is 0.496 e. The summed E-state index contributed by atoms with van der Waals surface area (Å²) in [4.78, 5) is 0. The maximum absolute atomic E-state index is 7.06. The molecule has 7 heteroatoms. The molecule has 0 heterocycles. The van der Waals surface area contributed by atoms with Gasteiger partial charge in [0.2, 0.25) is 0 Å². The lowest BCUT2D eigenvalue weighted by Gasteiger charge is -2.43. The molecule has 0 aliphatic heterocycles. The third kappa shape index (κ3) is 11.7. The monoisotopic (exact) mass is 506 g/mol. The molecule has 0 bridgehead atoms. The van der Waals surface area contributed by atoms with Crippen molar-refractivity contribution >= 4 is 17.6 Å². The highest BCUT2D eigenvalue weighted by Gasteiger charge is 2.59. The van der Waals surface area contributed by atoms with Crippen LogP contribution >= 0.6 is 0 Å². The Balaban J connectivity index is 5.95. The molecule has 0 aromatic rings. The molecule has 0 fully saturated rings. The van der Waals surface area contributed by atoms with Crippen LogP contribution in [-0.4, -0.2) is 46.0 Å². The van der Waals surface area contributed by atoms with E-state index >= 15 is 0 Å². The van der Waals surface area contributed by atoms with Gasteiger partial charge in [0.25, 0.3) is 0 Å². The zero-order valence-electron chi connectivity index (χ0n) is 23.5. The highest BCUT2D eigenvalue weighted by atomic mass is 28.5. The number of hydrogen-bond acceptors (Lipinski definition) is 5. The molecule has 0 aliphatic rings. The predicted molar refractivity (Wildman–Crippen MR) is 145 cm³/mol. The van der Waals surface area contributed by atoms with Gasteiger partial charge in [-0.05, 0) is 25.7 Å². The molecule has 0 saturated heterocycles. The maximum Gasteiger partial charge on any atom is 0.496 e. The third-order valence-corrected chi connectivity index (χ3v) is 14.8. The molecule has 0 unspecified atom stereocenters. The van der Waals surface area contributed by atoms with Crippen molar-refractivity contribution in [3.63, 3.8) is 0 Å². The molecule has 33 heavy (non-hydrogen) atoms. The summed E-state index contributed by atoms with van der Waals surface area (Å²) in [7, 11) is 1.10. The van der Waals surface area contributed by atoms with Gasteiger partial charge >= 0.3 is 17.6 Å². The minimum absolute atomic E-state index is 0.287. The van der Waals surface area contributed by atoms with Crippen LogP contribution in [0.5, 0.6) is 0 Å². The van der Waals surface area contributed by atoms with Gasteiger partial charge in [0.05, 0.1) is 0 Å². The smallest absolute Gasteiger partial charge is 0.377 e. The van der Waals surface area contributed by atoms with E-state index in [9.17, 15) is 0 Å². The number of rotatable bonds is 24. The topological polar surface area (TPSA) is 46.2 Å². The Morgan fingerprint density at radius 3 is 0.848 bits per heavy atom. The van der Waals surface area contributed by atoms with Gasteiger partial charge < -0.3 is 21.8 Å². The minimum atomic E-state index is -3.00. The molecule has 0 saturated carbocycles. The van der Waals surface area contributed by atoms with Gasteiger partial charge in [-0.25, -0.2) is 0 Å². The quantitative estimate of drug-likeness (QED) is 0.0969. The highest BCUT2D eigenvalue weighted by Crippen LogP contribution is 2.42. The Morgan fingerprint density at radius 2 is 0.667 bits per heavy atom. The molecule has 200 valence electrons. The summed E-state index contributed by atoms with van der Waals surface area (Å²) in [5.41, 5.74) is 0.574. The molecule has 0 N–H and O–H groups in total. The van der Waals surface area contributed by atoms with Crippen molar-refractivity contribution in [3.8, 4) is 0 Å². The van der Waals surface area contributed by atoms with E-state index in [1.54, 1.807) is 28.4 Å². The Morgan fingerprint density at radius 1 is 0.424 bits per heavy atom. The summed E-state index contributed by atoms with van der Waals surface area (Å²) in [5, 5.41) is 0. The van der Waals surface area contributed by atoms with Crippen molar-refractivity contribution < 1.29 is 21.8 Å². The molecule has 0 rings (SSSR count). The van der Waals surface area contributed by atoms with Crippen LogP contribution in [0.3, 0.4) is 0 Å². The first-order chi connectivity index (χ1) is 16.0. The zero-order valence-corrected chi connectivity index (χ0v) is 25.5. The lowest BCUT2D eigenvalue weighted by molar-refractivity contribution is 0.0680. The van der Waals surface area contributed by atoms with Crippen LogP contribution in [0.15, 0.2) is 0 Å². The second-order valence-electron chi connectivity index (χ2n) is 9.50. The Hall–Kier alpha value is 0.234. The number of unbranched alkanes of at least 4 members (excludes halogenated alkanes) is 8. The summed E-state index contributed by atoms with van der Waals surface area (Å²) in [6.45, 7) is 9.02. The molecular formula is C26H58O5Si2. The van der Waals surface area contributed by atoms with Crippen LogP contribution in [0.25, 0.3) is 0 Å². The fourth-order valence-corrected chi connectivity index (χ4v) is 13.1. The van der Waals surface area contributed by atoms with E-state index in [2.05, 4.69) is 27.7 Å². The van der Waals surface area contributed by atoms with E-state index in [-0.39, 0.29) is 11.1 Å². The normalized spacial score (nSPS) is 12.9. The van der Waals surface area contributed by atoms with Gasteiger partial charge in [-0.2, -0.15) is 0 Å². The maximum atomic E-state index is 7.06. The van der Waals surface area contributed by atoms with Crippen LogP contribution in [0.2, 0.25) is 11.1 Å². The minimum Gasteiger partial charge on any atom is -0.377 e. The van der Waals surface area contributed by atoms with Gasteiger partial charge in [-0.15, -0.1) is 0 Å². The van der Waals surface area contributed by atoms with Crippen LogP contribution in [0.4, 0.5) is 0 Å². The Kier molecular flexibility index (Phi) is 20.6. The predicted octanol–water partition coefficient (Wildman–Crippen LogP) is 8.53. The SMILES string of the molecule is CCCCCC(CCCCC)[Si](OC)(OC)O[Si](OC)(OC)C(CCCCC)CCCCC. The average molecular weight is 507 g/mol. The van der Waals surface area contributed by atoms with E-state index < -0.39 is 17.6 Å². The molecule has 0 aliphatic carbocycles. The van der Waals surface area contributed by atoms with Crippen molar-refractivity contribution in [1.82, 2.24) is 0 Å². The van der Waals surface area contributed by atoms with Gasteiger partial charge in [0.1, 0.15) is 0 Å². The van der Waals surface area contributed by atoms with Crippen molar-refractivity contribution in [1.29, 1.82) is 0 Å². The summed E-state index contributed by atoms with van der Waals surface area (Å²) < 4.78 is 32.0. The van der Waals surface area contributed by atoms with Crippen molar-refractivity contribution in [2.45, 2.75) is 142 Å². The lowest BCUT2D eigenvalue weighted by Crippen LogP contribution is -2.61. The second-order valence-corrected chi connectivity index (χ2v) is 16.0. The molecular weight excluding hydrogens is 448 g/mol. The fourth-order valence-electron chi connectivity index (χ4n) is 4.92. The number of hydrogen-bond donors (Lipinski definition) is 0. The van der Waals surface area contributed by atoms with Crippen LogP contribution < -0.4 is 0 Å². The van der Waals surface area contributed by atoms with Crippen molar-refractivity contribution in [3.05, 3.63) is 0 Å². The average Bonchev–Trinajstić information content (AvgIpc) is 2.84. The van der Waals surface area contributed by atoms with E-state index in [0.29, 0.717) is 0 Å². The standard InChI is InChI=1S/C26H58O5Si2/c1-9-13-17-21-25(22-18-14-10-2)32(27-5,28-6)31-33(29-7,30-8)26(23-19-15-11-3)24-20-16-12-4/h25-26H,9-24H2,1-8H3. The van der Waals surface area contributed by atoms with E-state index in [1.165, 1.54) is 77.0 Å². The zero-order chi connectivity index (χ0) is 25.0. The third-order valence-electron chi connectivity index (χ3n) is 7.05. The second kappa shape index (κ2) is 20.4. The first-order valence-electron chi connectivity index (χ1n) is 13.9. The van der Waals surface area contributed by atoms with E-state index in [1.807, 2.05) is 0 Å². The summed E-state index contributed by atoms with van der Waals surface area (Å²) in [6, 6.07) is 0. The Bertz CT molecular complexity index is 373. The fraction of sp³-hybridized carbons (Fsp3) is 1.00. The summed E-state index contributed by atoms with van der Waals surface area (Å²) >= 11 is 0. The molecule has 0 radical (unpaired) electrons. The molecule has 0 atom stereocenters. The van der Waals surface area contributed by atoms with Crippen LogP contribution in [0, 0.1) is 0 Å². The highest BCUT2D eigenvalue weighted by molar-refractivity contribution is 6.76. The van der Waals surface area contributed by atoms with Gasteiger partial charge in [-0.1, -0.05) is 105 Å². The molecule has 0 spiro atoms. The van der Waals surface area contributed by atoms with Crippen LogP contribution in [0.1, 0.15) is 130 Å². The first-order valence-corrected chi connectivity index (χ1v) is 17.5. The van der Waals surface area contributed by atoms with Gasteiger partial charge in [0, 0.05) is 39.5 Å². The summed E-state index contributed by atoms with van der Waals surface area (Å²) in [6.07, 6.45) is 18.8. The molecule has 0 aromatic carbocycles.